The maximum Gasteiger partial charge on any atom is 0.156 e. The lowest BCUT2D eigenvalue weighted by molar-refractivity contribution is 0.312. The van der Waals surface area contributed by atoms with E-state index in [0.29, 0.717) is 0 Å². The Bertz CT molecular complexity index is 785. The lowest BCUT2D eigenvalue weighted by Gasteiger charge is -2.34. The summed E-state index contributed by atoms with van der Waals surface area (Å²) in [6, 6.07) is 8.20. The first kappa shape index (κ1) is 16.1. The molecule has 4 nitrogen and oxygen atoms in total. The summed E-state index contributed by atoms with van der Waals surface area (Å²) in [5.41, 5.74) is 3.18. The van der Waals surface area contributed by atoms with Crippen molar-refractivity contribution in [2.24, 2.45) is 4.99 Å². The molecule has 1 aliphatic rings. The molecule has 1 aromatic carbocycles. The fourth-order valence-electron chi connectivity index (χ4n) is 3.07. The number of likely N-dealkylation sites (N-methyl/N-ethyl adjacent to an activating group) is 1. The molecule has 1 aliphatic heterocycles. The molecule has 3 rings (SSSR count). The van der Waals surface area contributed by atoms with Crippen LogP contribution in [-0.4, -0.2) is 49.2 Å². The molecule has 0 amide bonds. The molecule has 0 radical (unpaired) electrons. The zero-order valence-corrected chi connectivity index (χ0v) is 14.6. The van der Waals surface area contributed by atoms with Gasteiger partial charge in [0.2, 0.25) is 0 Å². The highest BCUT2D eigenvalue weighted by Crippen LogP contribution is 2.23. The predicted octanol–water partition coefficient (Wildman–Crippen LogP) is 3.07. The third-order valence-electron chi connectivity index (χ3n) is 4.34. The second-order valence-corrected chi connectivity index (χ2v) is 6.31. The minimum absolute atomic E-state index is 0.725. The van der Waals surface area contributed by atoms with Crippen LogP contribution in [0.15, 0.2) is 35.8 Å². The van der Waals surface area contributed by atoms with Crippen molar-refractivity contribution in [2.75, 3.05) is 44.7 Å². The topological polar surface area (TPSA) is 23.8 Å². The number of benzene rings is 1. The van der Waals surface area contributed by atoms with Crippen molar-refractivity contribution >= 4 is 34.4 Å². The minimum Gasteiger partial charge on any atom is -0.366 e. The molecular weight excluding hydrogens is 308 g/mol. The summed E-state index contributed by atoms with van der Waals surface area (Å²) < 4.78 is 2.05. The van der Waals surface area contributed by atoms with Crippen LogP contribution in [0.5, 0.6) is 0 Å². The molecule has 0 aliphatic carbocycles. The number of nitrogens with zero attached hydrogens (tertiary/aromatic N) is 4. The van der Waals surface area contributed by atoms with Gasteiger partial charge in [0.05, 0.1) is 11.2 Å². The van der Waals surface area contributed by atoms with Gasteiger partial charge in [0, 0.05) is 49.3 Å². The smallest absolute Gasteiger partial charge is 0.156 e. The van der Waals surface area contributed by atoms with Crippen LogP contribution in [-0.2, 0) is 0 Å². The highest BCUT2D eigenvalue weighted by atomic mass is 35.5. The first-order valence-corrected chi connectivity index (χ1v) is 8.43. The average Bonchev–Trinajstić information content (AvgIpc) is 2.55. The van der Waals surface area contributed by atoms with Crippen LogP contribution >= 0.6 is 11.6 Å². The summed E-state index contributed by atoms with van der Waals surface area (Å²) in [5, 5.41) is 1.88. The highest BCUT2D eigenvalue weighted by Gasteiger charge is 2.18. The lowest BCUT2D eigenvalue weighted by atomic mass is 10.1. The molecule has 0 bridgehead atoms. The highest BCUT2D eigenvalue weighted by molar-refractivity contribution is 6.31. The second kappa shape index (κ2) is 6.77. The van der Waals surface area contributed by atoms with Crippen LogP contribution in [0.2, 0.25) is 5.02 Å². The predicted molar refractivity (Wildman–Crippen MR) is 99.1 cm³/mol. The molecule has 0 spiro atoms. The SMILES string of the molecule is C=Cn1/c(=N\CC)c(N2CCN(C)CC2)cc2ccc(Cl)cc21. The summed E-state index contributed by atoms with van der Waals surface area (Å²) >= 11 is 6.19. The van der Waals surface area contributed by atoms with Crippen LogP contribution in [0.25, 0.3) is 17.1 Å². The first-order chi connectivity index (χ1) is 11.1. The van der Waals surface area contributed by atoms with Gasteiger partial charge in [0.25, 0.3) is 0 Å². The number of fused-ring (bicyclic) bond motifs is 1. The van der Waals surface area contributed by atoms with Gasteiger partial charge in [0.1, 0.15) is 0 Å². The van der Waals surface area contributed by atoms with E-state index in [-0.39, 0.29) is 0 Å². The molecule has 2 aromatic rings. The summed E-state index contributed by atoms with van der Waals surface area (Å²) in [6.07, 6.45) is 1.83. The molecule has 0 saturated carbocycles. The van der Waals surface area contributed by atoms with E-state index in [1.54, 1.807) is 0 Å². The standard InChI is InChI=1S/C18H23ClN4/c1-4-20-18-17(22-10-8-21(3)9-11-22)12-14-6-7-15(19)13-16(14)23(18)5-2/h5-7,12-13H,2,4,8-11H2,1,3H3/b20-18-. The Morgan fingerprint density at radius 1 is 1.22 bits per heavy atom. The Kier molecular flexibility index (Phi) is 4.74. The number of hydrogen-bond acceptors (Lipinski definition) is 3. The van der Waals surface area contributed by atoms with Gasteiger partial charge in [-0.3, -0.25) is 4.99 Å². The fraction of sp³-hybridized carbons (Fsp3) is 0.389. The minimum atomic E-state index is 0.725. The van der Waals surface area contributed by atoms with Crippen molar-refractivity contribution in [1.82, 2.24) is 9.47 Å². The molecule has 0 N–H and O–H groups in total. The monoisotopic (exact) mass is 330 g/mol. The van der Waals surface area contributed by atoms with Gasteiger partial charge in [-0.25, -0.2) is 0 Å². The Labute approximate surface area is 142 Å². The molecule has 0 unspecified atom stereocenters. The Morgan fingerprint density at radius 3 is 2.61 bits per heavy atom. The van der Waals surface area contributed by atoms with Gasteiger partial charge in [-0.2, -0.15) is 0 Å². The molecule has 0 atom stereocenters. The molecule has 2 heterocycles. The maximum absolute atomic E-state index is 6.19. The molecule has 23 heavy (non-hydrogen) atoms. The van der Waals surface area contributed by atoms with E-state index in [1.807, 2.05) is 18.3 Å². The van der Waals surface area contributed by atoms with Gasteiger partial charge in [-0.05, 0) is 32.2 Å². The number of piperazine rings is 1. The van der Waals surface area contributed by atoms with Crippen LogP contribution in [0.1, 0.15) is 6.92 Å². The largest absolute Gasteiger partial charge is 0.366 e. The zero-order chi connectivity index (χ0) is 16.4. The summed E-state index contributed by atoms with van der Waals surface area (Å²) in [7, 11) is 2.17. The van der Waals surface area contributed by atoms with Crippen molar-refractivity contribution in [1.29, 1.82) is 0 Å². The van der Waals surface area contributed by atoms with Crippen LogP contribution < -0.4 is 10.4 Å². The Hall–Kier alpha value is -1.78. The Morgan fingerprint density at radius 2 is 1.96 bits per heavy atom. The van der Waals surface area contributed by atoms with Gasteiger partial charge in [-0.15, -0.1) is 0 Å². The Balaban J connectivity index is 2.24. The normalized spacial score (nSPS) is 17.0. The number of pyridine rings is 1. The van der Waals surface area contributed by atoms with E-state index in [9.17, 15) is 0 Å². The van der Waals surface area contributed by atoms with Gasteiger partial charge in [0.15, 0.2) is 5.49 Å². The maximum atomic E-state index is 6.19. The number of halogens is 1. The number of anilines is 1. The van der Waals surface area contributed by atoms with E-state index in [2.05, 4.69) is 47.0 Å². The van der Waals surface area contributed by atoms with E-state index in [4.69, 9.17) is 16.6 Å². The molecule has 1 fully saturated rings. The van der Waals surface area contributed by atoms with Crippen molar-refractivity contribution < 1.29 is 0 Å². The number of aromatic nitrogens is 1. The van der Waals surface area contributed by atoms with Crippen LogP contribution in [0.3, 0.4) is 0 Å². The zero-order valence-electron chi connectivity index (χ0n) is 13.8. The first-order valence-electron chi connectivity index (χ1n) is 8.05. The van der Waals surface area contributed by atoms with Crippen molar-refractivity contribution in [3.8, 4) is 0 Å². The van der Waals surface area contributed by atoms with Crippen molar-refractivity contribution in [2.45, 2.75) is 6.92 Å². The number of rotatable bonds is 3. The fourth-order valence-corrected chi connectivity index (χ4v) is 3.24. The molecule has 5 heteroatoms. The molecule has 1 aromatic heterocycles. The summed E-state index contributed by atoms with van der Waals surface area (Å²) in [6.45, 7) is 10.9. The van der Waals surface area contributed by atoms with E-state index < -0.39 is 0 Å². The number of hydrogen-bond donors (Lipinski definition) is 0. The second-order valence-electron chi connectivity index (χ2n) is 5.87. The van der Waals surface area contributed by atoms with Crippen LogP contribution in [0.4, 0.5) is 5.69 Å². The third-order valence-corrected chi connectivity index (χ3v) is 4.57. The van der Waals surface area contributed by atoms with Gasteiger partial charge in [-0.1, -0.05) is 24.2 Å². The third kappa shape index (κ3) is 3.14. The van der Waals surface area contributed by atoms with Crippen LogP contribution in [0, 0.1) is 0 Å². The molecule has 122 valence electrons. The van der Waals surface area contributed by atoms with Gasteiger partial charge < -0.3 is 14.4 Å². The summed E-state index contributed by atoms with van der Waals surface area (Å²) in [4.78, 5) is 9.52. The quantitative estimate of drug-likeness (QED) is 0.863. The summed E-state index contributed by atoms with van der Waals surface area (Å²) in [5.74, 6) is 0. The van der Waals surface area contributed by atoms with Crippen molar-refractivity contribution in [3.05, 3.63) is 41.4 Å². The van der Waals surface area contributed by atoms with E-state index in [1.165, 1.54) is 5.69 Å². The van der Waals surface area contributed by atoms with E-state index >= 15 is 0 Å². The van der Waals surface area contributed by atoms with Gasteiger partial charge >= 0.3 is 0 Å². The molecule has 1 saturated heterocycles. The molecular formula is C18H23ClN4. The lowest BCUT2D eigenvalue weighted by Crippen LogP contribution is -2.46. The van der Waals surface area contributed by atoms with Crippen molar-refractivity contribution in [3.63, 3.8) is 0 Å². The average molecular weight is 331 g/mol. The van der Waals surface area contributed by atoms with E-state index in [0.717, 1.165) is 54.1 Å².